The van der Waals surface area contributed by atoms with Crippen LogP contribution in [0.5, 0.6) is 5.75 Å². The highest BCUT2D eigenvalue weighted by Gasteiger charge is 2.15. The van der Waals surface area contributed by atoms with Gasteiger partial charge in [-0.1, -0.05) is 0 Å². The Labute approximate surface area is 99.2 Å². The quantitative estimate of drug-likeness (QED) is 0.821. The van der Waals surface area contributed by atoms with Gasteiger partial charge in [-0.05, 0) is 30.7 Å². The van der Waals surface area contributed by atoms with Crippen LogP contribution in [0.3, 0.4) is 0 Å². The van der Waals surface area contributed by atoms with Crippen LogP contribution < -0.4 is 4.74 Å². The van der Waals surface area contributed by atoms with E-state index in [0.717, 1.165) is 16.6 Å². The minimum atomic E-state index is -4.04. The first-order chi connectivity index (χ1) is 7.90. The van der Waals surface area contributed by atoms with Gasteiger partial charge in [-0.25, -0.2) is 0 Å². The molecule has 0 saturated carbocycles. The fourth-order valence-electron chi connectivity index (χ4n) is 1.86. The molecular weight excluding hydrogens is 242 g/mol. The van der Waals surface area contributed by atoms with Gasteiger partial charge in [-0.2, -0.15) is 8.42 Å². The number of fused-ring (bicyclic) bond motifs is 1. The molecule has 0 saturated heterocycles. The summed E-state index contributed by atoms with van der Waals surface area (Å²) in [5, 5.41) is 0.750. The summed E-state index contributed by atoms with van der Waals surface area (Å²) in [7, 11) is -2.50. The molecule has 2 N–H and O–H groups in total. The fourth-order valence-corrected chi connectivity index (χ4v) is 2.59. The van der Waals surface area contributed by atoms with E-state index in [9.17, 15) is 8.42 Å². The number of hydrogen-bond acceptors (Lipinski definition) is 3. The molecule has 0 spiro atoms. The van der Waals surface area contributed by atoms with Crippen molar-refractivity contribution in [2.75, 3.05) is 7.11 Å². The van der Waals surface area contributed by atoms with Gasteiger partial charge in [0.05, 0.1) is 7.11 Å². The normalized spacial score (nSPS) is 11.9. The first-order valence-corrected chi connectivity index (χ1v) is 6.62. The van der Waals surface area contributed by atoms with Crippen LogP contribution in [-0.4, -0.2) is 25.1 Å². The van der Waals surface area contributed by atoms with Gasteiger partial charge in [0.25, 0.3) is 10.1 Å². The lowest BCUT2D eigenvalue weighted by atomic mass is 10.1. The maximum Gasteiger partial charge on any atom is 0.269 e. The summed E-state index contributed by atoms with van der Waals surface area (Å²) in [5.41, 5.74) is 2.12. The number of aromatic amines is 1. The van der Waals surface area contributed by atoms with Crippen molar-refractivity contribution in [1.82, 2.24) is 4.98 Å². The first-order valence-electron chi connectivity index (χ1n) is 5.01. The molecule has 17 heavy (non-hydrogen) atoms. The lowest BCUT2D eigenvalue weighted by Gasteiger charge is -2.01. The maximum atomic E-state index is 11.0. The Morgan fingerprint density at radius 3 is 2.71 bits per heavy atom. The third-order valence-electron chi connectivity index (χ3n) is 2.65. The summed E-state index contributed by atoms with van der Waals surface area (Å²) in [6.07, 6.45) is 0. The number of hydrogen-bond donors (Lipinski definition) is 2. The Kier molecular flexibility index (Phi) is 2.84. The zero-order valence-electron chi connectivity index (χ0n) is 9.52. The van der Waals surface area contributed by atoms with Crippen LogP contribution in [0.2, 0.25) is 0 Å². The van der Waals surface area contributed by atoms with Crippen LogP contribution in [0, 0.1) is 6.92 Å². The van der Waals surface area contributed by atoms with Crippen LogP contribution in [0.4, 0.5) is 0 Å². The van der Waals surface area contributed by atoms with Gasteiger partial charge < -0.3 is 9.72 Å². The number of rotatable bonds is 3. The maximum absolute atomic E-state index is 11.0. The van der Waals surface area contributed by atoms with Gasteiger partial charge >= 0.3 is 0 Å². The summed E-state index contributed by atoms with van der Waals surface area (Å²) >= 11 is 0. The van der Waals surface area contributed by atoms with E-state index in [-0.39, 0.29) is 0 Å². The Morgan fingerprint density at radius 2 is 2.12 bits per heavy atom. The number of ether oxygens (including phenoxy) is 1. The molecule has 0 atom stereocenters. The highest BCUT2D eigenvalue weighted by Crippen LogP contribution is 2.27. The molecule has 1 aromatic heterocycles. The third-order valence-corrected chi connectivity index (χ3v) is 3.31. The smallest absolute Gasteiger partial charge is 0.269 e. The van der Waals surface area contributed by atoms with Crippen molar-refractivity contribution in [3.05, 3.63) is 29.5 Å². The standard InChI is InChI=1S/C11H13NO4S/c1-7-10(6-17(13,14)15)9-5-8(16-2)3-4-11(9)12-7/h3-5,12H,6H2,1-2H3,(H,13,14,15). The highest BCUT2D eigenvalue weighted by atomic mass is 32.2. The van der Waals surface area contributed by atoms with Crippen LogP contribution in [-0.2, 0) is 15.9 Å². The molecule has 0 bridgehead atoms. The molecule has 2 rings (SSSR count). The summed E-state index contributed by atoms with van der Waals surface area (Å²) in [6, 6.07) is 5.35. The van der Waals surface area contributed by atoms with Crippen molar-refractivity contribution >= 4 is 21.0 Å². The van der Waals surface area contributed by atoms with Crippen LogP contribution >= 0.6 is 0 Å². The molecule has 0 aliphatic heterocycles. The number of nitrogens with one attached hydrogen (secondary N) is 1. The molecule has 5 nitrogen and oxygen atoms in total. The minimum Gasteiger partial charge on any atom is -0.497 e. The Bertz CT molecular complexity index is 657. The zero-order chi connectivity index (χ0) is 12.6. The lowest BCUT2D eigenvalue weighted by molar-refractivity contribution is 0.415. The van der Waals surface area contributed by atoms with E-state index in [0.29, 0.717) is 11.3 Å². The number of benzene rings is 1. The second-order valence-corrected chi connectivity index (χ2v) is 5.32. The van der Waals surface area contributed by atoms with Gasteiger partial charge in [-0.3, -0.25) is 4.55 Å². The molecule has 0 aliphatic carbocycles. The van der Waals surface area contributed by atoms with Crippen LogP contribution in [0.1, 0.15) is 11.3 Å². The summed E-state index contributed by atoms with van der Waals surface area (Å²) in [5.74, 6) is 0.250. The number of aryl methyl sites for hydroxylation is 1. The van der Waals surface area contributed by atoms with Crippen molar-refractivity contribution in [2.45, 2.75) is 12.7 Å². The molecule has 1 heterocycles. The van der Waals surface area contributed by atoms with Crippen molar-refractivity contribution in [1.29, 1.82) is 0 Å². The second-order valence-electron chi connectivity index (χ2n) is 3.87. The van der Waals surface area contributed by atoms with Crippen molar-refractivity contribution in [3.8, 4) is 5.75 Å². The molecule has 92 valence electrons. The number of H-pyrrole nitrogens is 1. The average molecular weight is 255 g/mol. The molecule has 2 aromatic rings. The zero-order valence-corrected chi connectivity index (χ0v) is 10.3. The van der Waals surface area contributed by atoms with E-state index in [1.54, 1.807) is 26.2 Å². The topological polar surface area (TPSA) is 79.4 Å². The Hall–Kier alpha value is -1.53. The minimum absolute atomic E-state index is 0.397. The van der Waals surface area contributed by atoms with E-state index in [2.05, 4.69) is 4.98 Å². The summed E-state index contributed by atoms with van der Waals surface area (Å²) < 4.78 is 35.9. The molecule has 0 aliphatic rings. The lowest BCUT2D eigenvalue weighted by Crippen LogP contribution is -2.02. The molecule has 0 radical (unpaired) electrons. The largest absolute Gasteiger partial charge is 0.497 e. The average Bonchev–Trinajstić information content (AvgIpc) is 2.53. The van der Waals surface area contributed by atoms with Crippen molar-refractivity contribution in [2.24, 2.45) is 0 Å². The molecular formula is C11H13NO4S. The third kappa shape index (κ3) is 2.42. The predicted octanol–water partition coefficient (Wildman–Crippen LogP) is 1.87. The highest BCUT2D eigenvalue weighted by molar-refractivity contribution is 7.85. The van der Waals surface area contributed by atoms with E-state index >= 15 is 0 Å². The molecule has 6 heteroatoms. The molecule has 0 fully saturated rings. The van der Waals surface area contributed by atoms with Gasteiger partial charge in [0.15, 0.2) is 0 Å². The molecule has 0 amide bonds. The summed E-state index contributed by atoms with van der Waals surface area (Å²) in [6.45, 7) is 1.77. The van der Waals surface area contributed by atoms with Gasteiger partial charge in [0.1, 0.15) is 11.5 Å². The fraction of sp³-hybridized carbons (Fsp3) is 0.273. The second kappa shape index (κ2) is 4.05. The van der Waals surface area contributed by atoms with Gasteiger partial charge in [-0.15, -0.1) is 0 Å². The van der Waals surface area contributed by atoms with E-state index in [1.807, 2.05) is 6.07 Å². The molecule has 1 aromatic carbocycles. The van der Waals surface area contributed by atoms with Crippen molar-refractivity contribution in [3.63, 3.8) is 0 Å². The monoisotopic (exact) mass is 255 g/mol. The van der Waals surface area contributed by atoms with Gasteiger partial charge in [0, 0.05) is 16.6 Å². The van der Waals surface area contributed by atoms with Gasteiger partial charge in [0.2, 0.25) is 0 Å². The molecule has 0 unspecified atom stereocenters. The van der Waals surface area contributed by atoms with Crippen LogP contribution in [0.25, 0.3) is 10.9 Å². The van der Waals surface area contributed by atoms with E-state index < -0.39 is 15.9 Å². The Balaban J connectivity index is 2.64. The van der Waals surface area contributed by atoms with Crippen molar-refractivity contribution < 1.29 is 17.7 Å². The summed E-state index contributed by atoms with van der Waals surface area (Å²) in [4.78, 5) is 3.07. The number of aromatic nitrogens is 1. The Morgan fingerprint density at radius 1 is 1.41 bits per heavy atom. The SMILES string of the molecule is COc1ccc2[nH]c(C)c(CS(=O)(=O)O)c2c1. The first kappa shape index (κ1) is 11.9. The number of methoxy groups -OCH3 is 1. The van der Waals surface area contributed by atoms with E-state index in [1.165, 1.54) is 0 Å². The van der Waals surface area contributed by atoms with Crippen LogP contribution in [0.15, 0.2) is 18.2 Å². The predicted molar refractivity (Wildman–Crippen MR) is 64.8 cm³/mol. The van der Waals surface area contributed by atoms with E-state index in [4.69, 9.17) is 9.29 Å².